The predicted octanol–water partition coefficient (Wildman–Crippen LogP) is 4.59. The molecule has 1 amide bonds. The number of nitrogens with one attached hydrogen (secondary N) is 1. The lowest BCUT2D eigenvalue weighted by atomic mass is 9.85. The molecule has 2 fully saturated rings. The summed E-state index contributed by atoms with van der Waals surface area (Å²) in [6, 6.07) is 11.2. The van der Waals surface area contributed by atoms with Crippen molar-refractivity contribution in [1.29, 1.82) is 0 Å². The Hall–Kier alpha value is -2.57. The van der Waals surface area contributed by atoms with E-state index in [2.05, 4.69) is 10.2 Å². The number of amidine groups is 1. The molecule has 5 rings (SSSR count). The molecule has 0 radical (unpaired) electrons. The number of carbonyl (C=O) groups excluding carboxylic acids is 1. The second-order valence-electron chi connectivity index (χ2n) is 7.58. The number of benzene rings is 2. The first kappa shape index (κ1) is 18.5. The highest BCUT2D eigenvalue weighted by Gasteiger charge is 2.27. The molecule has 0 spiro atoms. The fourth-order valence-corrected chi connectivity index (χ4v) is 3.93. The van der Waals surface area contributed by atoms with Crippen molar-refractivity contribution in [2.24, 2.45) is 10.9 Å². The Bertz CT molecular complexity index is 981. The maximum atomic E-state index is 12.4. The molecular formula is C22H22ClN3O3. The Kier molecular flexibility index (Phi) is 4.89. The number of aliphatic imine (C=N–C) groups is 1. The molecule has 0 atom stereocenters. The van der Waals surface area contributed by atoms with E-state index < -0.39 is 0 Å². The van der Waals surface area contributed by atoms with Crippen LogP contribution in [-0.2, 0) is 9.53 Å². The van der Waals surface area contributed by atoms with E-state index >= 15 is 0 Å². The molecule has 1 saturated heterocycles. The van der Waals surface area contributed by atoms with Crippen molar-refractivity contribution in [3.63, 3.8) is 0 Å². The zero-order valence-corrected chi connectivity index (χ0v) is 16.7. The van der Waals surface area contributed by atoms with E-state index in [1.165, 1.54) is 0 Å². The summed E-state index contributed by atoms with van der Waals surface area (Å²) in [7, 11) is 0. The minimum absolute atomic E-state index is 0.0886. The number of amides is 1. The van der Waals surface area contributed by atoms with Crippen LogP contribution in [0.3, 0.4) is 0 Å². The van der Waals surface area contributed by atoms with Crippen LogP contribution in [0.5, 0.6) is 11.5 Å². The van der Waals surface area contributed by atoms with Crippen LogP contribution in [0.25, 0.3) is 0 Å². The zero-order chi connectivity index (χ0) is 19.8. The molecule has 150 valence electrons. The van der Waals surface area contributed by atoms with Gasteiger partial charge in [-0.2, -0.15) is 0 Å². The van der Waals surface area contributed by atoms with Gasteiger partial charge in [0, 0.05) is 29.7 Å². The summed E-state index contributed by atoms with van der Waals surface area (Å²) < 4.78 is 11.7. The van der Waals surface area contributed by atoms with Crippen LogP contribution in [-0.4, -0.2) is 42.9 Å². The molecule has 2 aliphatic heterocycles. The monoisotopic (exact) mass is 411 g/mol. The Morgan fingerprint density at radius 3 is 2.66 bits per heavy atom. The standard InChI is InChI=1S/C22H22ClN3O3/c23-15-4-6-20-18(12-15)25-21(26-8-10-28-11-9-26)17-13-16(5-7-19(17)29-20)24-22(27)14-2-1-3-14/h4-7,12-14H,1-3,8-11H2,(H,24,27). The molecule has 7 heteroatoms. The van der Waals surface area contributed by atoms with Crippen molar-refractivity contribution < 1.29 is 14.3 Å². The van der Waals surface area contributed by atoms with E-state index in [1.807, 2.05) is 30.3 Å². The van der Waals surface area contributed by atoms with Gasteiger partial charge in [0.1, 0.15) is 17.3 Å². The number of nitrogens with zero attached hydrogens (tertiary/aromatic N) is 2. The van der Waals surface area contributed by atoms with Gasteiger partial charge in [0.2, 0.25) is 5.91 Å². The van der Waals surface area contributed by atoms with E-state index in [0.717, 1.165) is 49.4 Å². The number of morpholine rings is 1. The molecule has 3 aliphatic rings. The van der Waals surface area contributed by atoms with Crippen LogP contribution >= 0.6 is 11.6 Å². The summed E-state index contributed by atoms with van der Waals surface area (Å²) in [5.74, 6) is 2.39. The molecule has 1 aliphatic carbocycles. The highest BCUT2D eigenvalue weighted by atomic mass is 35.5. The molecule has 2 aromatic carbocycles. The number of hydrogen-bond donors (Lipinski definition) is 1. The molecule has 29 heavy (non-hydrogen) atoms. The van der Waals surface area contributed by atoms with E-state index in [9.17, 15) is 4.79 Å². The Morgan fingerprint density at radius 2 is 1.90 bits per heavy atom. The van der Waals surface area contributed by atoms with Gasteiger partial charge in [0.15, 0.2) is 5.75 Å². The molecule has 2 aromatic rings. The predicted molar refractivity (Wildman–Crippen MR) is 113 cm³/mol. The summed E-state index contributed by atoms with van der Waals surface area (Å²) >= 11 is 6.20. The van der Waals surface area contributed by atoms with Crippen LogP contribution in [0.1, 0.15) is 24.8 Å². The smallest absolute Gasteiger partial charge is 0.227 e. The Labute approximate surface area is 174 Å². The van der Waals surface area contributed by atoms with Crippen molar-refractivity contribution in [3.8, 4) is 11.5 Å². The number of anilines is 1. The summed E-state index contributed by atoms with van der Waals surface area (Å²) in [4.78, 5) is 19.5. The van der Waals surface area contributed by atoms with Gasteiger partial charge in [-0.25, -0.2) is 4.99 Å². The lowest BCUT2D eigenvalue weighted by molar-refractivity contribution is -0.122. The van der Waals surface area contributed by atoms with Gasteiger partial charge in [-0.05, 0) is 49.2 Å². The highest BCUT2D eigenvalue weighted by Crippen LogP contribution is 2.40. The maximum absolute atomic E-state index is 12.4. The Balaban J connectivity index is 1.55. The number of hydrogen-bond acceptors (Lipinski definition) is 5. The van der Waals surface area contributed by atoms with Gasteiger partial charge in [-0.3, -0.25) is 4.79 Å². The molecule has 0 bridgehead atoms. The molecule has 0 unspecified atom stereocenters. The van der Waals surface area contributed by atoms with Crippen molar-refractivity contribution in [2.75, 3.05) is 31.6 Å². The van der Waals surface area contributed by atoms with Gasteiger partial charge in [0.25, 0.3) is 0 Å². The summed E-state index contributed by atoms with van der Waals surface area (Å²) in [5, 5.41) is 3.66. The minimum Gasteiger partial charge on any atom is -0.454 e. The number of carbonyl (C=O) groups is 1. The van der Waals surface area contributed by atoms with Crippen LogP contribution in [0, 0.1) is 5.92 Å². The summed E-state index contributed by atoms with van der Waals surface area (Å²) in [6.07, 6.45) is 3.07. The first-order valence-corrected chi connectivity index (χ1v) is 10.4. The van der Waals surface area contributed by atoms with E-state index in [4.69, 9.17) is 26.1 Å². The van der Waals surface area contributed by atoms with E-state index in [-0.39, 0.29) is 11.8 Å². The molecule has 1 saturated carbocycles. The molecule has 1 N–H and O–H groups in total. The van der Waals surface area contributed by atoms with Crippen molar-refractivity contribution >= 4 is 34.7 Å². The molecule has 2 heterocycles. The third-order valence-electron chi connectivity index (χ3n) is 5.64. The van der Waals surface area contributed by atoms with Crippen molar-refractivity contribution in [2.45, 2.75) is 19.3 Å². The second-order valence-corrected chi connectivity index (χ2v) is 8.01. The number of fused-ring (bicyclic) bond motifs is 2. The van der Waals surface area contributed by atoms with Crippen LogP contribution in [0.4, 0.5) is 11.4 Å². The number of ether oxygens (including phenoxy) is 2. The molecule has 0 aromatic heterocycles. The fourth-order valence-electron chi connectivity index (χ4n) is 3.76. The van der Waals surface area contributed by atoms with Gasteiger partial charge in [0.05, 0.1) is 18.8 Å². The lowest BCUT2D eigenvalue weighted by Gasteiger charge is -2.30. The number of rotatable bonds is 2. The fraction of sp³-hybridized carbons (Fsp3) is 0.364. The van der Waals surface area contributed by atoms with E-state index in [0.29, 0.717) is 35.4 Å². The Morgan fingerprint density at radius 1 is 1.10 bits per heavy atom. The zero-order valence-electron chi connectivity index (χ0n) is 16.0. The first-order valence-electron chi connectivity index (χ1n) is 10.0. The average Bonchev–Trinajstić information content (AvgIpc) is 2.83. The normalized spacial score (nSPS) is 18.5. The SMILES string of the molecule is O=C(Nc1ccc2c(c1)C(N1CCOCC1)=Nc1cc(Cl)ccc1O2)C1CCC1. The van der Waals surface area contributed by atoms with Crippen molar-refractivity contribution in [1.82, 2.24) is 4.90 Å². The summed E-state index contributed by atoms with van der Waals surface area (Å²) in [6.45, 7) is 2.78. The first-order chi connectivity index (χ1) is 14.2. The maximum Gasteiger partial charge on any atom is 0.227 e. The van der Waals surface area contributed by atoms with Crippen LogP contribution in [0.2, 0.25) is 5.02 Å². The van der Waals surface area contributed by atoms with Gasteiger partial charge >= 0.3 is 0 Å². The quantitative estimate of drug-likeness (QED) is 0.784. The minimum atomic E-state index is 0.0886. The van der Waals surface area contributed by atoms with Crippen LogP contribution in [0.15, 0.2) is 41.4 Å². The van der Waals surface area contributed by atoms with Gasteiger partial charge in [-0.1, -0.05) is 18.0 Å². The van der Waals surface area contributed by atoms with Gasteiger partial charge < -0.3 is 19.7 Å². The van der Waals surface area contributed by atoms with Crippen LogP contribution < -0.4 is 10.1 Å². The summed E-state index contributed by atoms with van der Waals surface area (Å²) in [5.41, 5.74) is 2.30. The lowest BCUT2D eigenvalue weighted by Crippen LogP contribution is -2.41. The third-order valence-corrected chi connectivity index (χ3v) is 5.88. The van der Waals surface area contributed by atoms with E-state index in [1.54, 1.807) is 6.07 Å². The number of halogens is 1. The molecule has 6 nitrogen and oxygen atoms in total. The topological polar surface area (TPSA) is 63.2 Å². The highest BCUT2D eigenvalue weighted by molar-refractivity contribution is 6.31. The third kappa shape index (κ3) is 3.70. The average molecular weight is 412 g/mol. The second kappa shape index (κ2) is 7.69. The molecular weight excluding hydrogens is 390 g/mol. The van der Waals surface area contributed by atoms with Gasteiger partial charge in [-0.15, -0.1) is 0 Å². The largest absolute Gasteiger partial charge is 0.454 e. The van der Waals surface area contributed by atoms with Crippen molar-refractivity contribution in [3.05, 3.63) is 47.0 Å².